The summed E-state index contributed by atoms with van der Waals surface area (Å²) in [5.74, 6) is 1.28. The first kappa shape index (κ1) is 17.2. The largest absolute Gasteiger partial charge is 0.447 e. The minimum Gasteiger partial charge on any atom is -0.447 e. The molecule has 1 N–H and O–H groups in total. The van der Waals surface area contributed by atoms with Crippen LogP contribution in [-0.4, -0.2) is 42.3 Å². The molecule has 0 spiro atoms. The zero-order valence-corrected chi connectivity index (χ0v) is 15.6. The number of hydrogen-bond donors (Lipinski definition) is 1. The SMILES string of the molecule is CC(=O)c1ccc(Oc2ccc(C(=O)NC3CN4CCC3CC4)cc2)s1. The van der Waals surface area contributed by atoms with Gasteiger partial charge < -0.3 is 15.0 Å². The van der Waals surface area contributed by atoms with E-state index in [1.54, 1.807) is 36.4 Å². The van der Waals surface area contributed by atoms with Crippen LogP contribution in [0.1, 0.15) is 39.8 Å². The lowest BCUT2D eigenvalue weighted by molar-refractivity contribution is 0.0620. The lowest BCUT2D eigenvalue weighted by Gasteiger charge is -2.44. The van der Waals surface area contributed by atoms with Gasteiger partial charge in [0.2, 0.25) is 0 Å². The Morgan fingerprint density at radius 3 is 2.42 bits per heavy atom. The van der Waals surface area contributed by atoms with Crippen molar-refractivity contribution in [1.29, 1.82) is 0 Å². The van der Waals surface area contributed by atoms with Gasteiger partial charge in [0.15, 0.2) is 10.8 Å². The highest BCUT2D eigenvalue weighted by Crippen LogP contribution is 2.30. The smallest absolute Gasteiger partial charge is 0.251 e. The molecule has 3 fully saturated rings. The molecule has 1 unspecified atom stereocenters. The van der Waals surface area contributed by atoms with E-state index in [2.05, 4.69) is 10.2 Å². The van der Waals surface area contributed by atoms with Crippen molar-refractivity contribution in [1.82, 2.24) is 10.2 Å². The number of amides is 1. The molecule has 1 amide bonds. The summed E-state index contributed by atoms with van der Waals surface area (Å²) in [7, 11) is 0. The zero-order valence-electron chi connectivity index (χ0n) is 14.7. The van der Waals surface area contributed by atoms with Crippen molar-refractivity contribution < 1.29 is 14.3 Å². The summed E-state index contributed by atoms with van der Waals surface area (Å²) >= 11 is 1.32. The fourth-order valence-corrected chi connectivity index (χ4v) is 4.51. The Labute approximate surface area is 157 Å². The van der Waals surface area contributed by atoms with Gasteiger partial charge in [0.05, 0.1) is 4.88 Å². The number of fused-ring (bicyclic) bond motifs is 3. The Morgan fingerprint density at radius 1 is 1.12 bits per heavy atom. The average Bonchev–Trinajstić information content (AvgIpc) is 3.12. The number of nitrogens with zero attached hydrogens (tertiary/aromatic N) is 1. The number of thiophene rings is 1. The minimum atomic E-state index is -0.0229. The van der Waals surface area contributed by atoms with Crippen LogP contribution in [0.4, 0.5) is 0 Å². The number of ether oxygens (including phenoxy) is 1. The van der Waals surface area contributed by atoms with Gasteiger partial charge in [-0.2, -0.15) is 0 Å². The first-order valence-corrected chi connectivity index (χ1v) is 9.82. The molecule has 1 atom stereocenters. The van der Waals surface area contributed by atoms with Crippen LogP contribution in [0.2, 0.25) is 0 Å². The molecule has 1 aromatic carbocycles. The number of ketones is 1. The third kappa shape index (κ3) is 3.66. The van der Waals surface area contributed by atoms with Gasteiger partial charge in [-0.3, -0.25) is 9.59 Å². The van der Waals surface area contributed by atoms with Gasteiger partial charge in [0, 0.05) is 18.2 Å². The van der Waals surface area contributed by atoms with E-state index in [0.717, 1.165) is 19.6 Å². The summed E-state index contributed by atoms with van der Waals surface area (Å²) < 4.78 is 5.76. The lowest BCUT2D eigenvalue weighted by atomic mass is 9.84. The van der Waals surface area contributed by atoms with E-state index in [4.69, 9.17) is 4.74 Å². The Balaban J connectivity index is 1.37. The summed E-state index contributed by atoms with van der Waals surface area (Å²) in [5, 5.41) is 3.86. The molecule has 5 nitrogen and oxygen atoms in total. The van der Waals surface area contributed by atoms with Gasteiger partial charge in [-0.15, -0.1) is 0 Å². The maximum atomic E-state index is 12.5. The summed E-state index contributed by atoms with van der Waals surface area (Å²) in [6.07, 6.45) is 2.36. The van der Waals surface area contributed by atoms with Gasteiger partial charge in [0.25, 0.3) is 5.91 Å². The molecule has 3 aliphatic rings. The van der Waals surface area contributed by atoms with Crippen LogP contribution in [0.15, 0.2) is 36.4 Å². The maximum absolute atomic E-state index is 12.5. The normalized spacial score (nSPS) is 24.3. The van der Waals surface area contributed by atoms with Crippen molar-refractivity contribution >= 4 is 23.0 Å². The van der Waals surface area contributed by atoms with Crippen LogP contribution < -0.4 is 10.1 Å². The molecule has 0 aliphatic carbocycles. The monoisotopic (exact) mass is 370 g/mol. The van der Waals surface area contributed by atoms with Gasteiger partial charge >= 0.3 is 0 Å². The van der Waals surface area contributed by atoms with Crippen LogP contribution in [0.3, 0.4) is 0 Å². The van der Waals surface area contributed by atoms with Gasteiger partial charge in [-0.25, -0.2) is 0 Å². The molecule has 0 saturated carbocycles. The Bertz CT molecular complexity index is 807. The first-order chi connectivity index (χ1) is 12.6. The molecule has 136 valence electrons. The molecule has 5 rings (SSSR count). The number of benzene rings is 1. The molecule has 3 aliphatic heterocycles. The maximum Gasteiger partial charge on any atom is 0.251 e. The lowest BCUT2D eigenvalue weighted by Crippen LogP contribution is -2.57. The standard InChI is InChI=1S/C20H22N2O3S/c1-13(23)18-6-7-19(26-18)25-16-4-2-15(3-5-16)20(24)21-17-12-22-10-8-14(17)9-11-22/h2-7,14,17H,8-12H2,1H3,(H,21,24). The van der Waals surface area contributed by atoms with Crippen LogP contribution in [0, 0.1) is 5.92 Å². The number of carbonyl (C=O) groups is 2. The van der Waals surface area contributed by atoms with Gasteiger partial charge in [-0.05, 0) is 75.2 Å². The molecular formula is C20H22N2O3S. The molecule has 2 aromatic rings. The number of hydrogen-bond acceptors (Lipinski definition) is 5. The number of nitrogens with one attached hydrogen (secondary N) is 1. The first-order valence-electron chi connectivity index (χ1n) is 9.00. The van der Waals surface area contributed by atoms with E-state index < -0.39 is 0 Å². The molecule has 4 heterocycles. The van der Waals surface area contributed by atoms with Crippen molar-refractivity contribution in [3.63, 3.8) is 0 Å². The van der Waals surface area contributed by atoms with E-state index >= 15 is 0 Å². The van der Waals surface area contributed by atoms with E-state index in [1.165, 1.54) is 31.1 Å². The zero-order chi connectivity index (χ0) is 18.1. The predicted molar refractivity (Wildman–Crippen MR) is 101 cm³/mol. The van der Waals surface area contributed by atoms with Crippen molar-refractivity contribution in [2.75, 3.05) is 19.6 Å². The second-order valence-electron chi connectivity index (χ2n) is 7.02. The number of carbonyl (C=O) groups excluding carboxylic acids is 2. The molecule has 6 heteroatoms. The fourth-order valence-electron chi connectivity index (χ4n) is 3.74. The fraction of sp³-hybridized carbons (Fsp3) is 0.400. The molecular weight excluding hydrogens is 348 g/mol. The van der Waals surface area contributed by atoms with E-state index in [-0.39, 0.29) is 17.7 Å². The third-order valence-electron chi connectivity index (χ3n) is 5.24. The highest BCUT2D eigenvalue weighted by Gasteiger charge is 2.34. The van der Waals surface area contributed by atoms with Gasteiger partial charge in [-0.1, -0.05) is 11.3 Å². The van der Waals surface area contributed by atoms with Crippen molar-refractivity contribution in [2.45, 2.75) is 25.8 Å². The number of Topliss-reactive ketones (excluding diaryl/α,β-unsaturated/α-hetero) is 1. The summed E-state index contributed by atoms with van der Waals surface area (Å²) in [5.41, 5.74) is 0.643. The third-order valence-corrected chi connectivity index (χ3v) is 6.30. The quantitative estimate of drug-likeness (QED) is 0.818. The minimum absolute atomic E-state index is 0.0229. The Kier molecular flexibility index (Phi) is 4.78. The number of piperidine rings is 3. The van der Waals surface area contributed by atoms with Crippen molar-refractivity contribution in [3.05, 3.63) is 46.8 Å². The van der Waals surface area contributed by atoms with E-state index in [9.17, 15) is 9.59 Å². The average molecular weight is 370 g/mol. The Hall–Kier alpha value is -2.18. The van der Waals surface area contributed by atoms with E-state index in [1.807, 2.05) is 0 Å². The van der Waals surface area contributed by atoms with Crippen LogP contribution >= 0.6 is 11.3 Å². The van der Waals surface area contributed by atoms with Crippen LogP contribution in [-0.2, 0) is 0 Å². The van der Waals surface area contributed by atoms with Crippen molar-refractivity contribution in [2.24, 2.45) is 5.92 Å². The highest BCUT2D eigenvalue weighted by atomic mass is 32.1. The van der Waals surface area contributed by atoms with Crippen LogP contribution in [0.5, 0.6) is 10.8 Å². The number of rotatable bonds is 5. The molecule has 1 aromatic heterocycles. The second-order valence-corrected chi connectivity index (χ2v) is 8.07. The second kappa shape index (κ2) is 7.21. The van der Waals surface area contributed by atoms with E-state index in [0.29, 0.717) is 27.2 Å². The summed E-state index contributed by atoms with van der Waals surface area (Å²) in [4.78, 5) is 27.0. The Morgan fingerprint density at radius 2 is 1.85 bits per heavy atom. The predicted octanol–water partition coefficient (Wildman–Crippen LogP) is 3.57. The molecule has 26 heavy (non-hydrogen) atoms. The van der Waals surface area contributed by atoms with Crippen molar-refractivity contribution in [3.8, 4) is 10.8 Å². The summed E-state index contributed by atoms with van der Waals surface area (Å²) in [6, 6.07) is 11.0. The van der Waals surface area contributed by atoms with Crippen LogP contribution in [0.25, 0.3) is 0 Å². The molecule has 2 bridgehead atoms. The molecule has 3 saturated heterocycles. The highest BCUT2D eigenvalue weighted by molar-refractivity contribution is 7.15. The topological polar surface area (TPSA) is 58.6 Å². The van der Waals surface area contributed by atoms with Gasteiger partial charge in [0.1, 0.15) is 5.75 Å². The molecule has 0 radical (unpaired) electrons. The summed E-state index contributed by atoms with van der Waals surface area (Å²) in [6.45, 7) is 4.83.